The molecule has 1 aromatic carbocycles. The van der Waals surface area contributed by atoms with Gasteiger partial charge in [-0.1, -0.05) is 0 Å². The van der Waals surface area contributed by atoms with Crippen LogP contribution in [0.2, 0.25) is 0 Å². The van der Waals surface area contributed by atoms with Gasteiger partial charge in [0.1, 0.15) is 0 Å². The summed E-state index contributed by atoms with van der Waals surface area (Å²) in [6.07, 6.45) is 1.71. The third-order valence-electron chi connectivity index (χ3n) is 2.00. The van der Waals surface area contributed by atoms with E-state index >= 15 is 0 Å². The first-order valence-corrected chi connectivity index (χ1v) is 6.64. The van der Waals surface area contributed by atoms with E-state index in [0.29, 0.717) is 5.75 Å². The van der Waals surface area contributed by atoms with E-state index in [9.17, 15) is 4.21 Å². The lowest BCUT2D eigenvalue weighted by atomic mass is 10.2. The summed E-state index contributed by atoms with van der Waals surface area (Å²) in [5.41, 5.74) is 8.61. The van der Waals surface area contributed by atoms with E-state index in [1.54, 1.807) is 6.26 Å². The molecule has 3 N–H and O–H groups in total. The highest BCUT2D eigenvalue weighted by atomic mass is 32.2. The van der Waals surface area contributed by atoms with Crippen LogP contribution in [0.4, 0.5) is 11.4 Å². The van der Waals surface area contributed by atoms with Crippen LogP contribution in [-0.4, -0.2) is 22.3 Å². The molecule has 0 amide bonds. The van der Waals surface area contributed by atoms with Gasteiger partial charge in [-0.25, -0.2) is 0 Å². The molecule has 0 aromatic heterocycles. The van der Waals surface area contributed by atoms with E-state index in [0.717, 1.165) is 16.9 Å². The summed E-state index contributed by atoms with van der Waals surface area (Å²) in [5.74, 6) is 0.647. The molecule has 1 aromatic rings. The summed E-state index contributed by atoms with van der Waals surface area (Å²) in [4.78, 5) is 0. The lowest BCUT2D eigenvalue weighted by molar-refractivity contribution is 0.683. The zero-order chi connectivity index (χ0) is 11.4. The van der Waals surface area contributed by atoms with Crippen molar-refractivity contribution in [1.29, 1.82) is 0 Å². The molecule has 1 rings (SSSR count). The van der Waals surface area contributed by atoms with E-state index in [4.69, 9.17) is 5.73 Å². The number of aryl methyl sites for hydroxylation is 1. The van der Waals surface area contributed by atoms with Crippen LogP contribution in [0.25, 0.3) is 0 Å². The first kappa shape index (κ1) is 12.0. The molecule has 0 heterocycles. The molecule has 0 aliphatic rings. The van der Waals surface area contributed by atoms with Crippen LogP contribution in [0.15, 0.2) is 18.2 Å². The standard InChI is InChI=1S/C11H18N2OS/c1-8-4-10(12)6-11(5-8)13-9(2)7-15(3)14/h4-6,9,13H,7,12H2,1-3H3. The molecule has 2 unspecified atom stereocenters. The number of hydrogen-bond donors (Lipinski definition) is 2. The Labute approximate surface area is 93.5 Å². The highest BCUT2D eigenvalue weighted by Crippen LogP contribution is 2.16. The zero-order valence-electron chi connectivity index (χ0n) is 9.41. The topological polar surface area (TPSA) is 55.1 Å². The molecule has 0 aliphatic heterocycles. The Bertz CT molecular complexity index is 345. The molecule has 0 radical (unpaired) electrons. The lowest BCUT2D eigenvalue weighted by Crippen LogP contribution is -2.22. The number of rotatable bonds is 4. The van der Waals surface area contributed by atoms with Crippen LogP contribution in [0.5, 0.6) is 0 Å². The average molecular weight is 226 g/mol. The predicted octanol–water partition coefficient (Wildman–Crippen LogP) is 1.76. The molecule has 0 aliphatic carbocycles. The van der Waals surface area contributed by atoms with Crippen molar-refractivity contribution in [3.8, 4) is 0 Å². The second-order valence-electron chi connectivity index (χ2n) is 3.92. The zero-order valence-corrected chi connectivity index (χ0v) is 10.2. The quantitative estimate of drug-likeness (QED) is 0.769. The third kappa shape index (κ3) is 4.34. The molecule has 0 saturated carbocycles. The van der Waals surface area contributed by atoms with Gasteiger partial charge in [0.05, 0.1) is 0 Å². The van der Waals surface area contributed by atoms with Gasteiger partial charge in [0, 0.05) is 40.2 Å². The highest BCUT2D eigenvalue weighted by molar-refractivity contribution is 7.84. The summed E-state index contributed by atoms with van der Waals surface area (Å²) in [7, 11) is -0.774. The van der Waals surface area contributed by atoms with Gasteiger partial charge >= 0.3 is 0 Å². The SMILES string of the molecule is Cc1cc(N)cc(NC(C)CS(C)=O)c1. The molecule has 0 fully saturated rings. The number of nitrogens with one attached hydrogen (secondary N) is 1. The molecule has 4 heteroatoms. The predicted molar refractivity (Wildman–Crippen MR) is 67.6 cm³/mol. The summed E-state index contributed by atoms with van der Waals surface area (Å²) in [6, 6.07) is 6.04. The van der Waals surface area contributed by atoms with Gasteiger partial charge in [0.2, 0.25) is 0 Å². The van der Waals surface area contributed by atoms with Crippen molar-refractivity contribution in [2.24, 2.45) is 0 Å². The molecule has 84 valence electrons. The van der Waals surface area contributed by atoms with E-state index < -0.39 is 10.8 Å². The monoisotopic (exact) mass is 226 g/mol. The van der Waals surface area contributed by atoms with Gasteiger partial charge in [0.15, 0.2) is 0 Å². The van der Waals surface area contributed by atoms with Crippen LogP contribution in [0, 0.1) is 6.92 Å². The highest BCUT2D eigenvalue weighted by Gasteiger charge is 2.04. The minimum absolute atomic E-state index is 0.192. The lowest BCUT2D eigenvalue weighted by Gasteiger charge is -2.14. The largest absolute Gasteiger partial charge is 0.399 e. The number of anilines is 2. The van der Waals surface area contributed by atoms with Gasteiger partial charge in [-0.2, -0.15) is 0 Å². The van der Waals surface area contributed by atoms with Crippen molar-refractivity contribution in [3.05, 3.63) is 23.8 Å². The van der Waals surface area contributed by atoms with E-state index in [1.807, 2.05) is 32.0 Å². The minimum atomic E-state index is -0.774. The maximum absolute atomic E-state index is 11.0. The molecule has 3 nitrogen and oxygen atoms in total. The van der Waals surface area contributed by atoms with Gasteiger partial charge < -0.3 is 11.1 Å². The molecule has 15 heavy (non-hydrogen) atoms. The summed E-state index contributed by atoms with van der Waals surface area (Å²) in [6.45, 7) is 4.02. The van der Waals surface area contributed by atoms with Gasteiger partial charge in [-0.15, -0.1) is 0 Å². The Hall–Kier alpha value is -1.03. The summed E-state index contributed by atoms with van der Waals surface area (Å²) >= 11 is 0. The summed E-state index contributed by atoms with van der Waals surface area (Å²) in [5, 5.41) is 3.28. The first-order chi connectivity index (χ1) is 6.97. The van der Waals surface area contributed by atoms with Crippen LogP contribution >= 0.6 is 0 Å². The number of benzene rings is 1. The van der Waals surface area contributed by atoms with Crippen molar-refractivity contribution >= 4 is 22.2 Å². The van der Waals surface area contributed by atoms with Crippen molar-refractivity contribution < 1.29 is 4.21 Å². The van der Waals surface area contributed by atoms with E-state index in [1.165, 1.54) is 0 Å². The van der Waals surface area contributed by atoms with Gasteiger partial charge in [-0.05, 0) is 37.6 Å². The average Bonchev–Trinajstić information content (AvgIpc) is 1.98. The van der Waals surface area contributed by atoms with Crippen LogP contribution in [0.1, 0.15) is 12.5 Å². The van der Waals surface area contributed by atoms with Crippen LogP contribution in [-0.2, 0) is 10.8 Å². The van der Waals surface area contributed by atoms with Crippen LogP contribution < -0.4 is 11.1 Å². The van der Waals surface area contributed by atoms with Gasteiger partial charge in [0.25, 0.3) is 0 Å². The maximum atomic E-state index is 11.0. The second-order valence-corrected chi connectivity index (χ2v) is 5.40. The Morgan fingerprint density at radius 3 is 2.67 bits per heavy atom. The van der Waals surface area contributed by atoms with Gasteiger partial charge in [-0.3, -0.25) is 4.21 Å². The molecular formula is C11H18N2OS. The maximum Gasteiger partial charge on any atom is 0.0431 e. The molecule has 0 spiro atoms. The Morgan fingerprint density at radius 1 is 1.47 bits per heavy atom. The third-order valence-corrected chi connectivity index (χ3v) is 2.97. The van der Waals surface area contributed by atoms with E-state index in [-0.39, 0.29) is 6.04 Å². The van der Waals surface area contributed by atoms with Crippen molar-refractivity contribution in [1.82, 2.24) is 0 Å². The molecular weight excluding hydrogens is 208 g/mol. The fourth-order valence-electron chi connectivity index (χ4n) is 1.57. The Kier molecular flexibility index (Phi) is 4.15. The van der Waals surface area contributed by atoms with Crippen LogP contribution in [0.3, 0.4) is 0 Å². The minimum Gasteiger partial charge on any atom is -0.399 e. The smallest absolute Gasteiger partial charge is 0.0431 e. The number of hydrogen-bond acceptors (Lipinski definition) is 3. The fourth-order valence-corrected chi connectivity index (χ4v) is 2.36. The molecule has 0 saturated heterocycles. The molecule has 0 bridgehead atoms. The van der Waals surface area contributed by atoms with Crippen molar-refractivity contribution in [2.75, 3.05) is 23.1 Å². The second kappa shape index (κ2) is 5.16. The fraction of sp³-hybridized carbons (Fsp3) is 0.455. The number of nitrogens with two attached hydrogens (primary N) is 1. The van der Waals surface area contributed by atoms with Crippen molar-refractivity contribution in [3.63, 3.8) is 0 Å². The summed E-state index contributed by atoms with van der Waals surface area (Å²) < 4.78 is 11.0. The van der Waals surface area contributed by atoms with E-state index in [2.05, 4.69) is 5.32 Å². The molecule has 2 atom stereocenters. The first-order valence-electron chi connectivity index (χ1n) is 4.91. The Balaban J connectivity index is 2.67. The normalized spacial score (nSPS) is 14.6. The van der Waals surface area contributed by atoms with Crippen molar-refractivity contribution in [2.45, 2.75) is 19.9 Å². The Morgan fingerprint density at radius 2 is 2.13 bits per heavy atom. The number of nitrogen functional groups attached to an aromatic ring is 1.